The first-order valence-corrected chi connectivity index (χ1v) is 6.12. The highest BCUT2D eigenvalue weighted by molar-refractivity contribution is 5.73. The lowest BCUT2D eigenvalue weighted by molar-refractivity contribution is 0.242. The van der Waals surface area contributed by atoms with Gasteiger partial charge in [-0.2, -0.15) is 0 Å². The molecule has 2 aromatic carbocycles. The summed E-state index contributed by atoms with van der Waals surface area (Å²) in [4.78, 5) is 0. The topological polar surface area (TPSA) is 35.2 Å². The quantitative estimate of drug-likeness (QED) is 0.902. The first-order chi connectivity index (χ1) is 9.17. The van der Waals surface area contributed by atoms with Crippen molar-refractivity contribution in [3.8, 4) is 16.9 Å². The summed E-state index contributed by atoms with van der Waals surface area (Å²) in [5.41, 5.74) is 7.78. The third kappa shape index (κ3) is 2.19. The maximum absolute atomic E-state index is 13.7. The summed E-state index contributed by atoms with van der Waals surface area (Å²) in [5, 5.41) is 0. The highest BCUT2D eigenvalue weighted by atomic mass is 19.1. The second-order valence-corrected chi connectivity index (χ2v) is 4.63. The Labute approximate surface area is 109 Å². The van der Waals surface area contributed by atoms with Crippen LogP contribution in [0.1, 0.15) is 5.56 Å². The minimum absolute atomic E-state index is 0.115. The van der Waals surface area contributed by atoms with Crippen LogP contribution in [0.4, 0.5) is 8.78 Å². The number of nitrogens with two attached hydrogens (primary N) is 1. The predicted octanol–water partition coefficient (Wildman–Crippen LogP) is 2.89. The van der Waals surface area contributed by atoms with Crippen molar-refractivity contribution in [2.75, 3.05) is 6.54 Å². The molecule has 0 spiro atoms. The molecule has 0 aromatic heterocycles. The van der Waals surface area contributed by atoms with E-state index in [1.54, 1.807) is 12.1 Å². The predicted molar refractivity (Wildman–Crippen MR) is 69.0 cm³/mol. The third-order valence-corrected chi connectivity index (χ3v) is 3.28. The number of halogens is 2. The van der Waals surface area contributed by atoms with Gasteiger partial charge in [0.25, 0.3) is 0 Å². The molecule has 0 fully saturated rings. The molecule has 0 aliphatic carbocycles. The second kappa shape index (κ2) is 4.63. The number of ether oxygens (including phenoxy) is 1. The van der Waals surface area contributed by atoms with Crippen LogP contribution in [0.3, 0.4) is 0 Å². The zero-order valence-corrected chi connectivity index (χ0v) is 10.2. The van der Waals surface area contributed by atoms with E-state index in [9.17, 15) is 8.78 Å². The van der Waals surface area contributed by atoms with Crippen LogP contribution >= 0.6 is 0 Å². The van der Waals surface area contributed by atoms with E-state index in [2.05, 4.69) is 0 Å². The number of hydrogen-bond acceptors (Lipinski definition) is 2. The third-order valence-electron chi connectivity index (χ3n) is 3.28. The van der Waals surface area contributed by atoms with Gasteiger partial charge in [-0.1, -0.05) is 12.1 Å². The lowest BCUT2D eigenvalue weighted by Crippen LogP contribution is -2.24. The van der Waals surface area contributed by atoms with Crippen LogP contribution in [0.5, 0.6) is 5.75 Å². The fourth-order valence-corrected chi connectivity index (χ4v) is 2.37. The Kier molecular flexibility index (Phi) is 2.95. The average Bonchev–Trinajstić information content (AvgIpc) is 2.81. The van der Waals surface area contributed by atoms with Crippen LogP contribution in [0.2, 0.25) is 0 Å². The van der Waals surface area contributed by atoms with E-state index in [1.807, 2.05) is 0 Å². The molecule has 1 aliphatic heterocycles. The molecule has 1 aliphatic rings. The molecule has 2 N–H and O–H groups in total. The second-order valence-electron chi connectivity index (χ2n) is 4.63. The van der Waals surface area contributed by atoms with Gasteiger partial charge in [0.2, 0.25) is 0 Å². The van der Waals surface area contributed by atoms with Crippen molar-refractivity contribution in [3.05, 3.63) is 53.6 Å². The van der Waals surface area contributed by atoms with Gasteiger partial charge in [-0.05, 0) is 29.8 Å². The van der Waals surface area contributed by atoms with Gasteiger partial charge in [-0.25, -0.2) is 8.78 Å². The van der Waals surface area contributed by atoms with E-state index in [0.29, 0.717) is 24.3 Å². The molecular weight excluding hydrogens is 248 g/mol. The van der Waals surface area contributed by atoms with Gasteiger partial charge in [0, 0.05) is 24.1 Å². The fourth-order valence-electron chi connectivity index (χ4n) is 2.37. The summed E-state index contributed by atoms with van der Waals surface area (Å²) < 4.78 is 32.3. The highest BCUT2D eigenvalue weighted by Crippen LogP contribution is 2.39. The molecule has 2 aromatic rings. The standard InChI is InChI=1S/C15H13F2NO/c16-11-3-1-9(2-4-11)14-7-12(17)5-10-6-13(8-18)19-15(10)14/h1-5,7,13H,6,8,18H2/t13-/m0/s1. The van der Waals surface area contributed by atoms with Gasteiger partial charge < -0.3 is 10.5 Å². The van der Waals surface area contributed by atoms with Gasteiger partial charge >= 0.3 is 0 Å². The van der Waals surface area contributed by atoms with Gasteiger partial charge in [0.05, 0.1) is 0 Å². The van der Waals surface area contributed by atoms with Gasteiger partial charge in [0.15, 0.2) is 0 Å². The van der Waals surface area contributed by atoms with Crippen molar-refractivity contribution in [1.29, 1.82) is 0 Å². The Bertz CT molecular complexity index is 610. The van der Waals surface area contributed by atoms with Crippen molar-refractivity contribution >= 4 is 0 Å². The molecule has 19 heavy (non-hydrogen) atoms. The SMILES string of the molecule is NC[C@@H]1Cc2cc(F)cc(-c3ccc(F)cc3)c2O1. The first-order valence-electron chi connectivity index (χ1n) is 6.12. The van der Waals surface area contributed by atoms with Crippen LogP contribution in [0.15, 0.2) is 36.4 Å². The Morgan fingerprint density at radius 3 is 2.53 bits per heavy atom. The molecule has 0 bridgehead atoms. The summed E-state index contributed by atoms with van der Waals surface area (Å²) in [6, 6.07) is 8.81. The van der Waals surface area contributed by atoms with Crippen LogP contribution in [-0.2, 0) is 6.42 Å². The maximum Gasteiger partial charge on any atom is 0.131 e. The van der Waals surface area contributed by atoms with Crippen molar-refractivity contribution in [2.24, 2.45) is 5.73 Å². The highest BCUT2D eigenvalue weighted by Gasteiger charge is 2.25. The molecule has 3 rings (SSSR count). The Morgan fingerprint density at radius 1 is 1.11 bits per heavy atom. The molecule has 98 valence electrons. The van der Waals surface area contributed by atoms with E-state index < -0.39 is 0 Å². The monoisotopic (exact) mass is 261 g/mol. The fraction of sp³-hybridized carbons (Fsp3) is 0.200. The number of benzene rings is 2. The Balaban J connectivity index is 2.10. The average molecular weight is 261 g/mol. The molecule has 0 saturated carbocycles. The molecule has 0 unspecified atom stereocenters. The smallest absolute Gasteiger partial charge is 0.131 e. The van der Waals surface area contributed by atoms with E-state index in [-0.39, 0.29) is 17.7 Å². The summed E-state index contributed by atoms with van der Waals surface area (Å²) >= 11 is 0. The zero-order valence-electron chi connectivity index (χ0n) is 10.2. The van der Waals surface area contributed by atoms with Crippen molar-refractivity contribution in [3.63, 3.8) is 0 Å². The lowest BCUT2D eigenvalue weighted by atomic mass is 10.0. The van der Waals surface area contributed by atoms with Crippen molar-refractivity contribution in [1.82, 2.24) is 0 Å². The van der Waals surface area contributed by atoms with Crippen LogP contribution in [0.25, 0.3) is 11.1 Å². The summed E-state index contributed by atoms with van der Waals surface area (Å²) in [7, 11) is 0. The molecule has 0 amide bonds. The van der Waals surface area contributed by atoms with Gasteiger partial charge in [0.1, 0.15) is 23.5 Å². The summed E-state index contributed by atoms with van der Waals surface area (Å²) in [6.45, 7) is 0.388. The van der Waals surface area contributed by atoms with E-state index in [4.69, 9.17) is 10.5 Å². The first kappa shape index (κ1) is 12.1. The maximum atomic E-state index is 13.7. The summed E-state index contributed by atoms with van der Waals surface area (Å²) in [5.74, 6) is 0.0142. The van der Waals surface area contributed by atoms with E-state index >= 15 is 0 Å². The Hall–Kier alpha value is -1.94. The molecule has 1 atom stereocenters. The Morgan fingerprint density at radius 2 is 1.84 bits per heavy atom. The van der Waals surface area contributed by atoms with E-state index in [1.165, 1.54) is 24.3 Å². The van der Waals surface area contributed by atoms with Crippen LogP contribution < -0.4 is 10.5 Å². The van der Waals surface area contributed by atoms with Gasteiger partial charge in [-0.3, -0.25) is 0 Å². The zero-order chi connectivity index (χ0) is 13.4. The molecular formula is C15H13F2NO. The normalized spacial score (nSPS) is 17.1. The van der Waals surface area contributed by atoms with Crippen molar-refractivity contribution in [2.45, 2.75) is 12.5 Å². The van der Waals surface area contributed by atoms with Crippen LogP contribution in [-0.4, -0.2) is 12.6 Å². The van der Waals surface area contributed by atoms with E-state index in [0.717, 1.165) is 11.1 Å². The molecule has 2 nitrogen and oxygen atoms in total. The summed E-state index contributed by atoms with van der Waals surface area (Å²) in [6.07, 6.45) is 0.494. The number of rotatable bonds is 2. The van der Waals surface area contributed by atoms with Crippen LogP contribution in [0, 0.1) is 11.6 Å². The number of hydrogen-bond donors (Lipinski definition) is 1. The minimum atomic E-state index is -0.322. The van der Waals surface area contributed by atoms with Crippen molar-refractivity contribution < 1.29 is 13.5 Å². The lowest BCUT2D eigenvalue weighted by Gasteiger charge is -2.11. The molecule has 0 saturated heterocycles. The number of fused-ring (bicyclic) bond motifs is 1. The molecule has 1 heterocycles. The largest absolute Gasteiger partial charge is 0.488 e. The minimum Gasteiger partial charge on any atom is -0.488 e. The van der Waals surface area contributed by atoms with Gasteiger partial charge in [-0.15, -0.1) is 0 Å². The molecule has 0 radical (unpaired) electrons. The molecule has 4 heteroatoms.